The third kappa shape index (κ3) is 3.97. The Morgan fingerprint density at radius 2 is 2.00 bits per heavy atom. The molecule has 6 atom stereocenters. The van der Waals surface area contributed by atoms with Gasteiger partial charge in [0, 0.05) is 11.6 Å². The molecule has 154 valence electrons. The van der Waals surface area contributed by atoms with Gasteiger partial charge in [-0.3, -0.25) is 0 Å². The number of epoxide rings is 2. The van der Waals surface area contributed by atoms with Crippen LogP contribution in [0.3, 0.4) is 0 Å². The fourth-order valence-corrected chi connectivity index (χ4v) is 5.17. The summed E-state index contributed by atoms with van der Waals surface area (Å²) in [4.78, 5) is 0. The first kappa shape index (κ1) is 20.5. The minimum atomic E-state index is -0.206. The molecule has 5 heteroatoms. The van der Waals surface area contributed by atoms with E-state index < -0.39 is 0 Å². The quantitative estimate of drug-likeness (QED) is 0.430. The van der Waals surface area contributed by atoms with Crippen molar-refractivity contribution in [1.29, 1.82) is 0 Å². The number of allylic oxidation sites excluding steroid dienone is 1. The number of hydrogen-bond donors (Lipinski definition) is 0. The van der Waals surface area contributed by atoms with Crippen LogP contribution in [0.5, 0.6) is 0 Å². The van der Waals surface area contributed by atoms with E-state index in [0.717, 1.165) is 30.3 Å². The van der Waals surface area contributed by atoms with Gasteiger partial charge in [0.05, 0.1) is 43.0 Å². The normalized spacial score (nSPS) is 39.0. The van der Waals surface area contributed by atoms with Crippen LogP contribution in [0.2, 0.25) is 0 Å². The van der Waals surface area contributed by atoms with Crippen molar-refractivity contribution in [2.45, 2.75) is 76.2 Å². The van der Waals surface area contributed by atoms with E-state index in [1.807, 2.05) is 0 Å². The molecule has 1 aromatic carbocycles. The number of hydrogen-bond acceptors (Lipinski definition) is 4. The molecule has 28 heavy (non-hydrogen) atoms. The number of methoxy groups -OCH3 is 1. The Balaban J connectivity index is 1.47. The summed E-state index contributed by atoms with van der Waals surface area (Å²) in [6.07, 6.45) is 5.45. The minimum Gasteiger partial charge on any atom is -0.378 e. The van der Waals surface area contributed by atoms with Crippen LogP contribution in [0.4, 0.5) is 0 Å². The first-order valence-electron chi connectivity index (χ1n) is 10.2. The summed E-state index contributed by atoms with van der Waals surface area (Å²) in [6, 6.07) is 8.29. The molecule has 1 aromatic rings. The number of benzene rings is 1. The standard InChI is InChI=1S/C23H31BrO4/c1-15(2)5-10-19-22(3,28-19)21-20(25-4)18(11-12-23(21)14-27-23)26-13-16-6-8-17(24)9-7-16/h5-9,18-21H,10-14H2,1-4H3. The molecule has 0 N–H and O–H groups in total. The van der Waals surface area contributed by atoms with Crippen molar-refractivity contribution >= 4 is 15.9 Å². The van der Waals surface area contributed by atoms with Gasteiger partial charge >= 0.3 is 0 Å². The van der Waals surface area contributed by atoms with Gasteiger partial charge in [0.1, 0.15) is 5.60 Å². The lowest BCUT2D eigenvalue weighted by molar-refractivity contribution is -0.143. The molecule has 2 heterocycles. The van der Waals surface area contributed by atoms with Gasteiger partial charge in [-0.2, -0.15) is 0 Å². The van der Waals surface area contributed by atoms with Crippen LogP contribution in [0.1, 0.15) is 45.6 Å². The van der Waals surface area contributed by atoms with E-state index in [0.29, 0.717) is 6.61 Å². The van der Waals surface area contributed by atoms with Gasteiger partial charge in [-0.15, -0.1) is 0 Å². The lowest BCUT2D eigenvalue weighted by atomic mass is 9.68. The predicted molar refractivity (Wildman–Crippen MR) is 112 cm³/mol. The molecule has 3 fully saturated rings. The molecule has 0 aromatic heterocycles. The van der Waals surface area contributed by atoms with Crippen molar-refractivity contribution in [2.24, 2.45) is 5.92 Å². The molecule has 4 rings (SSSR count). The molecule has 4 nitrogen and oxygen atoms in total. The zero-order valence-corrected chi connectivity index (χ0v) is 18.8. The second kappa shape index (κ2) is 7.84. The van der Waals surface area contributed by atoms with Gasteiger partial charge in [-0.25, -0.2) is 0 Å². The van der Waals surface area contributed by atoms with Crippen LogP contribution < -0.4 is 0 Å². The highest BCUT2D eigenvalue weighted by Crippen LogP contribution is 2.59. The topological polar surface area (TPSA) is 43.5 Å². The third-order valence-electron chi connectivity index (χ3n) is 6.61. The van der Waals surface area contributed by atoms with Crippen LogP contribution in [0, 0.1) is 5.92 Å². The molecular weight excluding hydrogens is 420 g/mol. The van der Waals surface area contributed by atoms with E-state index in [1.54, 1.807) is 7.11 Å². The first-order chi connectivity index (χ1) is 13.4. The molecular formula is C23H31BrO4. The van der Waals surface area contributed by atoms with E-state index in [4.69, 9.17) is 18.9 Å². The zero-order chi connectivity index (χ0) is 19.9. The van der Waals surface area contributed by atoms with E-state index in [2.05, 4.69) is 67.0 Å². The van der Waals surface area contributed by atoms with Gasteiger partial charge in [-0.1, -0.05) is 39.7 Å². The fraction of sp³-hybridized carbons (Fsp3) is 0.652. The Morgan fingerprint density at radius 1 is 1.29 bits per heavy atom. The summed E-state index contributed by atoms with van der Waals surface area (Å²) >= 11 is 3.48. The number of halogens is 1. The molecule has 1 saturated carbocycles. The summed E-state index contributed by atoms with van der Waals surface area (Å²) in [5.41, 5.74) is 2.21. The summed E-state index contributed by atoms with van der Waals surface area (Å²) in [7, 11) is 1.80. The van der Waals surface area contributed by atoms with Crippen LogP contribution in [0.25, 0.3) is 0 Å². The lowest BCUT2D eigenvalue weighted by Gasteiger charge is -2.43. The van der Waals surface area contributed by atoms with Crippen LogP contribution in [-0.4, -0.2) is 43.2 Å². The Labute approximate surface area is 176 Å². The van der Waals surface area contributed by atoms with Crippen molar-refractivity contribution in [3.8, 4) is 0 Å². The largest absolute Gasteiger partial charge is 0.378 e. The van der Waals surface area contributed by atoms with Crippen LogP contribution >= 0.6 is 15.9 Å². The first-order valence-corrected chi connectivity index (χ1v) is 11.0. The maximum atomic E-state index is 6.36. The van der Waals surface area contributed by atoms with Gasteiger partial charge < -0.3 is 18.9 Å². The summed E-state index contributed by atoms with van der Waals surface area (Å²) in [5.74, 6) is 0.198. The average molecular weight is 451 g/mol. The maximum Gasteiger partial charge on any atom is 0.101 e. The van der Waals surface area contributed by atoms with Crippen molar-refractivity contribution in [1.82, 2.24) is 0 Å². The van der Waals surface area contributed by atoms with Gasteiger partial charge in [0.15, 0.2) is 0 Å². The summed E-state index contributed by atoms with van der Waals surface area (Å²) in [5, 5.41) is 0. The molecule has 3 aliphatic rings. The highest BCUT2D eigenvalue weighted by Gasteiger charge is 2.71. The molecule has 6 unspecified atom stereocenters. The molecule has 0 bridgehead atoms. The second-order valence-electron chi connectivity index (χ2n) is 8.85. The van der Waals surface area contributed by atoms with Crippen molar-refractivity contribution < 1.29 is 18.9 Å². The third-order valence-corrected chi connectivity index (χ3v) is 7.14. The Kier molecular flexibility index (Phi) is 5.75. The van der Waals surface area contributed by atoms with Gasteiger partial charge in [-0.05, 0) is 57.7 Å². The summed E-state index contributed by atoms with van der Waals surface area (Å²) < 4.78 is 25.7. The number of rotatable bonds is 7. The zero-order valence-electron chi connectivity index (χ0n) is 17.2. The minimum absolute atomic E-state index is 0.0200. The fourth-order valence-electron chi connectivity index (χ4n) is 4.91. The van der Waals surface area contributed by atoms with E-state index in [1.165, 1.54) is 11.1 Å². The Morgan fingerprint density at radius 3 is 2.61 bits per heavy atom. The van der Waals surface area contributed by atoms with Crippen molar-refractivity contribution in [2.75, 3.05) is 13.7 Å². The average Bonchev–Trinajstić information content (AvgIpc) is 3.58. The predicted octanol–water partition coefficient (Wildman–Crippen LogP) is 5.04. The molecule has 0 amide bonds. The smallest absolute Gasteiger partial charge is 0.101 e. The second-order valence-corrected chi connectivity index (χ2v) is 9.77. The van der Waals surface area contributed by atoms with Gasteiger partial charge in [0.25, 0.3) is 0 Å². The molecule has 1 aliphatic carbocycles. The van der Waals surface area contributed by atoms with Crippen molar-refractivity contribution in [3.63, 3.8) is 0 Å². The van der Waals surface area contributed by atoms with Crippen LogP contribution in [-0.2, 0) is 25.6 Å². The molecule has 2 aliphatic heterocycles. The summed E-state index contributed by atoms with van der Waals surface area (Å²) in [6.45, 7) is 7.90. The highest BCUT2D eigenvalue weighted by atomic mass is 79.9. The van der Waals surface area contributed by atoms with E-state index >= 15 is 0 Å². The number of ether oxygens (including phenoxy) is 4. The van der Waals surface area contributed by atoms with Gasteiger partial charge in [0.2, 0.25) is 0 Å². The SMILES string of the molecule is COC1C(OCc2ccc(Br)cc2)CCC2(CO2)C1C1(C)OC1CC=C(C)C. The highest BCUT2D eigenvalue weighted by molar-refractivity contribution is 9.10. The molecule has 2 saturated heterocycles. The Hall–Kier alpha value is -0.720. The van der Waals surface area contributed by atoms with E-state index in [-0.39, 0.29) is 35.4 Å². The lowest BCUT2D eigenvalue weighted by Crippen LogP contribution is -2.55. The van der Waals surface area contributed by atoms with E-state index in [9.17, 15) is 0 Å². The Bertz CT molecular complexity index is 723. The molecule has 1 spiro atoms. The van der Waals surface area contributed by atoms with Crippen LogP contribution in [0.15, 0.2) is 40.4 Å². The maximum absolute atomic E-state index is 6.36. The molecule has 0 radical (unpaired) electrons. The van der Waals surface area contributed by atoms with Crippen molar-refractivity contribution in [3.05, 3.63) is 46.0 Å². The monoisotopic (exact) mass is 450 g/mol.